The second kappa shape index (κ2) is 4.54. The van der Waals surface area contributed by atoms with Gasteiger partial charge in [-0.15, -0.1) is 0 Å². The Morgan fingerprint density at radius 3 is 2.39 bits per heavy atom. The van der Waals surface area contributed by atoms with E-state index in [-0.39, 0.29) is 5.69 Å². The van der Waals surface area contributed by atoms with Crippen molar-refractivity contribution < 1.29 is 17.9 Å². The quantitative estimate of drug-likeness (QED) is 0.507. The number of anilines is 1. The number of hydrogen-bond acceptors (Lipinski definition) is 5. The molecule has 0 amide bonds. The molecule has 0 radical (unpaired) electrons. The van der Waals surface area contributed by atoms with Crippen LogP contribution in [0.5, 0.6) is 0 Å². The fourth-order valence-electron chi connectivity index (χ4n) is 2.04. The summed E-state index contributed by atoms with van der Waals surface area (Å²) in [4.78, 5) is 11.3. The third-order valence-corrected chi connectivity index (χ3v) is 3.76. The molecule has 1 aromatic carbocycles. The first kappa shape index (κ1) is 12.8. The Bertz CT molecular complexity index is 578. The zero-order valence-corrected chi connectivity index (χ0v) is 10.3. The summed E-state index contributed by atoms with van der Waals surface area (Å²) in [6.07, 6.45) is 1.86. The molecule has 1 fully saturated rings. The van der Waals surface area contributed by atoms with Crippen LogP contribution in [0.15, 0.2) is 23.1 Å². The standard InChI is InChI=1S/C10H12N2O5S/c13-12(14)8-3-4-9(11-5-1-2-6-11)10(7-8)18(15,16)17/h3-4,7H,1-2,5-6H2,(H,15,16,17). The lowest BCUT2D eigenvalue weighted by molar-refractivity contribution is -0.385. The van der Waals surface area contributed by atoms with Gasteiger partial charge in [-0.2, -0.15) is 8.42 Å². The number of nitro benzene ring substituents is 1. The van der Waals surface area contributed by atoms with Crippen molar-refractivity contribution in [1.29, 1.82) is 0 Å². The smallest absolute Gasteiger partial charge is 0.296 e. The van der Waals surface area contributed by atoms with Gasteiger partial charge in [0.05, 0.1) is 10.6 Å². The minimum absolute atomic E-state index is 0.320. The molecule has 0 atom stereocenters. The lowest BCUT2D eigenvalue weighted by Gasteiger charge is -2.19. The van der Waals surface area contributed by atoms with Gasteiger partial charge in [0.1, 0.15) is 4.90 Å². The molecule has 98 valence electrons. The van der Waals surface area contributed by atoms with E-state index < -0.39 is 19.9 Å². The molecule has 0 unspecified atom stereocenters. The van der Waals surface area contributed by atoms with Crippen molar-refractivity contribution in [1.82, 2.24) is 0 Å². The van der Waals surface area contributed by atoms with Gasteiger partial charge in [-0.1, -0.05) is 0 Å². The molecule has 0 saturated carbocycles. The maximum absolute atomic E-state index is 11.3. The molecule has 0 aromatic heterocycles. The van der Waals surface area contributed by atoms with Crippen molar-refractivity contribution >= 4 is 21.5 Å². The van der Waals surface area contributed by atoms with Crippen LogP contribution in [0.4, 0.5) is 11.4 Å². The maximum atomic E-state index is 11.3. The van der Waals surface area contributed by atoms with Crippen LogP contribution in [0.1, 0.15) is 12.8 Å². The Morgan fingerprint density at radius 2 is 1.89 bits per heavy atom. The predicted octanol–water partition coefficient (Wildman–Crippen LogP) is 1.44. The van der Waals surface area contributed by atoms with Gasteiger partial charge in [-0.3, -0.25) is 14.7 Å². The summed E-state index contributed by atoms with van der Waals surface area (Å²) >= 11 is 0. The lowest BCUT2D eigenvalue weighted by atomic mass is 10.2. The molecule has 1 N–H and O–H groups in total. The fraction of sp³-hybridized carbons (Fsp3) is 0.400. The van der Waals surface area contributed by atoms with Crippen molar-refractivity contribution in [2.75, 3.05) is 18.0 Å². The summed E-state index contributed by atoms with van der Waals surface area (Å²) in [6.45, 7) is 1.36. The fourth-order valence-corrected chi connectivity index (χ4v) is 2.77. The van der Waals surface area contributed by atoms with Gasteiger partial charge in [-0.05, 0) is 18.9 Å². The van der Waals surface area contributed by atoms with Gasteiger partial charge in [0.15, 0.2) is 0 Å². The zero-order valence-electron chi connectivity index (χ0n) is 9.44. The van der Waals surface area contributed by atoms with E-state index in [2.05, 4.69) is 0 Å². The maximum Gasteiger partial charge on any atom is 0.296 e. The summed E-state index contributed by atoms with van der Waals surface area (Å²) < 4.78 is 31.7. The molecule has 1 aliphatic rings. The van der Waals surface area contributed by atoms with Crippen LogP contribution in [0, 0.1) is 10.1 Å². The minimum atomic E-state index is -4.47. The van der Waals surface area contributed by atoms with Crippen LogP contribution >= 0.6 is 0 Å². The monoisotopic (exact) mass is 272 g/mol. The summed E-state index contributed by atoms with van der Waals surface area (Å²) in [6, 6.07) is 3.50. The van der Waals surface area contributed by atoms with Crippen molar-refractivity contribution in [3.63, 3.8) is 0 Å². The first-order valence-electron chi connectivity index (χ1n) is 5.40. The topological polar surface area (TPSA) is 101 Å². The number of non-ortho nitro benzene ring substituents is 1. The van der Waals surface area contributed by atoms with Gasteiger partial charge in [-0.25, -0.2) is 0 Å². The molecule has 1 aromatic rings. The van der Waals surface area contributed by atoms with Gasteiger partial charge >= 0.3 is 0 Å². The summed E-state index contributed by atoms with van der Waals surface area (Å²) in [7, 11) is -4.47. The Hall–Kier alpha value is -1.67. The molecule has 2 rings (SSSR count). The van der Waals surface area contributed by atoms with E-state index in [1.165, 1.54) is 12.1 Å². The molecule has 8 heteroatoms. The minimum Gasteiger partial charge on any atom is -0.370 e. The summed E-state index contributed by atoms with van der Waals surface area (Å²) in [5.74, 6) is 0. The van der Waals surface area contributed by atoms with Crippen molar-refractivity contribution in [3.05, 3.63) is 28.3 Å². The van der Waals surface area contributed by atoms with Crippen molar-refractivity contribution in [3.8, 4) is 0 Å². The average Bonchev–Trinajstić information content (AvgIpc) is 2.80. The number of rotatable bonds is 3. The van der Waals surface area contributed by atoms with Crippen LogP contribution in [0.3, 0.4) is 0 Å². The molecule has 0 aliphatic carbocycles. The Labute approximate surface area is 104 Å². The van der Waals surface area contributed by atoms with Gasteiger partial charge in [0.2, 0.25) is 0 Å². The number of nitro groups is 1. The summed E-state index contributed by atoms with van der Waals surface area (Å²) in [5.41, 5.74) is -0.0360. The highest BCUT2D eigenvalue weighted by Gasteiger charge is 2.24. The van der Waals surface area contributed by atoms with Gasteiger partial charge < -0.3 is 4.90 Å². The summed E-state index contributed by atoms with van der Waals surface area (Å²) in [5, 5.41) is 10.6. The van der Waals surface area contributed by atoms with Crippen LogP contribution in [-0.4, -0.2) is 31.0 Å². The molecule has 0 spiro atoms. The van der Waals surface area contributed by atoms with Crippen molar-refractivity contribution in [2.24, 2.45) is 0 Å². The van der Waals surface area contributed by atoms with Crippen LogP contribution < -0.4 is 4.90 Å². The van der Waals surface area contributed by atoms with Crippen molar-refractivity contribution in [2.45, 2.75) is 17.7 Å². The molecule has 18 heavy (non-hydrogen) atoms. The molecule has 1 heterocycles. The van der Waals surface area contributed by atoms with Gasteiger partial charge in [0.25, 0.3) is 15.8 Å². The third kappa shape index (κ3) is 2.44. The van der Waals surface area contributed by atoms with E-state index in [9.17, 15) is 18.5 Å². The third-order valence-electron chi connectivity index (χ3n) is 2.88. The number of nitrogens with zero attached hydrogens (tertiary/aromatic N) is 2. The largest absolute Gasteiger partial charge is 0.370 e. The van der Waals surface area contributed by atoms with Crippen LogP contribution in [-0.2, 0) is 10.1 Å². The molecular formula is C10H12N2O5S. The van der Waals surface area contributed by atoms with E-state index in [4.69, 9.17) is 4.55 Å². The van der Waals surface area contributed by atoms with Crippen LogP contribution in [0.25, 0.3) is 0 Å². The predicted molar refractivity (Wildman–Crippen MR) is 64.4 cm³/mol. The Morgan fingerprint density at radius 1 is 1.28 bits per heavy atom. The normalized spacial score (nSPS) is 15.9. The van der Waals surface area contributed by atoms with E-state index in [0.29, 0.717) is 18.8 Å². The second-order valence-electron chi connectivity index (χ2n) is 4.08. The number of hydrogen-bond donors (Lipinski definition) is 1. The Balaban J connectivity index is 2.55. The molecular weight excluding hydrogens is 260 g/mol. The lowest BCUT2D eigenvalue weighted by Crippen LogP contribution is -2.20. The highest BCUT2D eigenvalue weighted by Crippen LogP contribution is 2.31. The Kier molecular flexibility index (Phi) is 3.22. The van der Waals surface area contributed by atoms with E-state index >= 15 is 0 Å². The molecule has 7 nitrogen and oxygen atoms in total. The number of benzene rings is 1. The SMILES string of the molecule is O=[N+]([O-])c1ccc(N2CCCC2)c(S(=O)(=O)O)c1. The second-order valence-corrected chi connectivity index (χ2v) is 5.47. The first-order chi connectivity index (χ1) is 8.39. The average molecular weight is 272 g/mol. The molecule has 1 saturated heterocycles. The van der Waals surface area contributed by atoms with E-state index in [1.54, 1.807) is 4.90 Å². The highest BCUT2D eigenvalue weighted by molar-refractivity contribution is 7.86. The van der Waals surface area contributed by atoms with E-state index in [0.717, 1.165) is 18.9 Å². The zero-order chi connectivity index (χ0) is 13.3. The van der Waals surface area contributed by atoms with E-state index in [1.807, 2.05) is 0 Å². The molecule has 0 bridgehead atoms. The highest BCUT2D eigenvalue weighted by atomic mass is 32.2. The first-order valence-corrected chi connectivity index (χ1v) is 6.84. The van der Waals surface area contributed by atoms with Crippen LogP contribution in [0.2, 0.25) is 0 Å². The molecule has 1 aliphatic heterocycles. The van der Waals surface area contributed by atoms with Gasteiger partial charge in [0, 0.05) is 25.2 Å².